The maximum absolute atomic E-state index is 12.3. The van der Waals surface area contributed by atoms with Gasteiger partial charge in [0.2, 0.25) is 11.8 Å². The van der Waals surface area contributed by atoms with Gasteiger partial charge in [-0.25, -0.2) is 0 Å². The van der Waals surface area contributed by atoms with Crippen LogP contribution < -0.4 is 5.32 Å². The lowest BCUT2D eigenvalue weighted by atomic mass is 9.95. The lowest BCUT2D eigenvalue weighted by Crippen LogP contribution is -2.49. The molecule has 3 rings (SSSR count). The third kappa shape index (κ3) is 4.09. The highest BCUT2D eigenvalue weighted by molar-refractivity contribution is 5.84. The minimum absolute atomic E-state index is 0.0559. The molecule has 2 amide bonds. The first-order chi connectivity index (χ1) is 11.2. The molecule has 1 aromatic heterocycles. The fourth-order valence-corrected chi connectivity index (χ4v) is 3.60. The number of hydrogen-bond donors (Lipinski definition) is 1. The van der Waals surface area contributed by atoms with Crippen LogP contribution in [0, 0.1) is 5.92 Å². The van der Waals surface area contributed by atoms with Gasteiger partial charge in [-0.05, 0) is 25.7 Å². The van der Waals surface area contributed by atoms with Gasteiger partial charge in [-0.2, -0.15) is 0 Å². The van der Waals surface area contributed by atoms with Gasteiger partial charge in [0, 0.05) is 38.3 Å². The zero-order valence-corrected chi connectivity index (χ0v) is 13.5. The number of hydrogen-bond acceptors (Lipinski definition) is 4. The average Bonchev–Trinajstić information content (AvgIpc) is 3.25. The summed E-state index contributed by atoms with van der Waals surface area (Å²) in [5.41, 5.74) is 0. The Morgan fingerprint density at radius 2 is 2.13 bits per heavy atom. The standard InChI is InChI=1S/C16H25N5O2/c22-15-7-6-13(12-21(15)14-4-1-2-5-14)16(23)17-8-3-10-20-11-9-18-19-20/h9,11,13-14H,1-8,10,12H2,(H,17,23). The monoisotopic (exact) mass is 319 g/mol. The zero-order chi connectivity index (χ0) is 16.1. The second-order valence-electron chi connectivity index (χ2n) is 6.53. The summed E-state index contributed by atoms with van der Waals surface area (Å²) >= 11 is 0. The van der Waals surface area contributed by atoms with E-state index in [1.165, 1.54) is 12.8 Å². The van der Waals surface area contributed by atoms with Gasteiger partial charge in [0.1, 0.15) is 0 Å². The van der Waals surface area contributed by atoms with E-state index >= 15 is 0 Å². The Morgan fingerprint density at radius 1 is 1.30 bits per heavy atom. The van der Waals surface area contributed by atoms with E-state index in [9.17, 15) is 9.59 Å². The van der Waals surface area contributed by atoms with E-state index in [1.807, 2.05) is 11.1 Å². The van der Waals surface area contributed by atoms with Crippen LogP contribution >= 0.6 is 0 Å². The van der Waals surface area contributed by atoms with Gasteiger partial charge in [0.15, 0.2) is 0 Å². The fourth-order valence-electron chi connectivity index (χ4n) is 3.60. The molecule has 1 N–H and O–H groups in total. The number of rotatable bonds is 6. The van der Waals surface area contributed by atoms with Gasteiger partial charge in [-0.15, -0.1) is 5.10 Å². The normalized spacial score (nSPS) is 22.5. The first kappa shape index (κ1) is 16.0. The molecule has 0 radical (unpaired) electrons. The van der Waals surface area contributed by atoms with Gasteiger partial charge in [-0.3, -0.25) is 14.3 Å². The maximum atomic E-state index is 12.3. The molecule has 1 unspecified atom stereocenters. The Bertz CT molecular complexity index is 525. The van der Waals surface area contributed by atoms with E-state index in [2.05, 4.69) is 15.6 Å². The molecule has 7 heteroatoms. The summed E-state index contributed by atoms with van der Waals surface area (Å²) in [6.45, 7) is 1.97. The number of carbonyl (C=O) groups is 2. The molecule has 1 aromatic rings. The average molecular weight is 319 g/mol. The van der Waals surface area contributed by atoms with Crippen LogP contribution in [0.1, 0.15) is 44.9 Å². The van der Waals surface area contributed by atoms with Crippen molar-refractivity contribution in [2.24, 2.45) is 5.92 Å². The number of likely N-dealkylation sites (tertiary alicyclic amines) is 1. The van der Waals surface area contributed by atoms with Gasteiger partial charge in [0.05, 0.1) is 12.1 Å². The van der Waals surface area contributed by atoms with Crippen molar-refractivity contribution >= 4 is 11.8 Å². The summed E-state index contributed by atoms with van der Waals surface area (Å²) in [5.74, 6) is 0.255. The quantitative estimate of drug-likeness (QED) is 0.792. The lowest BCUT2D eigenvalue weighted by molar-refractivity contribution is -0.140. The van der Waals surface area contributed by atoms with Crippen molar-refractivity contribution in [2.75, 3.05) is 13.1 Å². The maximum Gasteiger partial charge on any atom is 0.224 e. The van der Waals surface area contributed by atoms with Crippen molar-refractivity contribution in [2.45, 2.75) is 57.5 Å². The topological polar surface area (TPSA) is 80.1 Å². The number of nitrogens with zero attached hydrogens (tertiary/aromatic N) is 4. The Kier molecular flexibility index (Phi) is 5.25. The fraction of sp³-hybridized carbons (Fsp3) is 0.750. The van der Waals surface area contributed by atoms with Gasteiger partial charge < -0.3 is 10.2 Å². The summed E-state index contributed by atoms with van der Waals surface area (Å²) in [5, 5.41) is 10.6. The highest BCUT2D eigenvalue weighted by Gasteiger charge is 2.34. The summed E-state index contributed by atoms with van der Waals surface area (Å²) in [4.78, 5) is 26.4. The van der Waals surface area contributed by atoms with Crippen LogP contribution in [-0.4, -0.2) is 50.8 Å². The van der Waals surface area contributed by atoms with E-state index in [4.69, 9.17) is 0 Å². The van der Waals surface area contributed by atoms with Gasteiger partial charge in [-0.1, -0.05) is 18.1 Å². The number of carbonyl (C=O) groups excluding carboxylic acids is 2. The number of amides is 2. The Morgan fingerprint density at radius 3 is 2.87 bits per heavy atom. The summed E-state index contributed by atoms with van der Waals surface area (Å²) in [6.07, 6.45) is 10.1. The molecular weight excluding hydrogens is 294 g/mol. The van der Waals surface area contributed by atoms with Crippen molar-refractivity contribution in [3.63, 3.8) is 0 Å². The van der Waals surface area contributed by atoms with Crippen molar-refractivity contribution in [1.29, 1.82) is 0 Å². The summed E-state index contributed by atoms with van der Waals surface area (Å²) in [7, 11) is 0. The predicted molar refractivity (Wildman–Crippen MR) is 84.3 cm³/mol. The molecule has 126 valence electrons. The third-order valence-electron chi connectivity index (χ3n) is 4.92. The molecule has 23 heavy (non-hydrogen) atoms. The van der Waals surface area contributed by atoms with Crippen LogP contribution in [0.2, 0.25) is 0 Å². The van der Waals surface area contributed by atoms with E-state index in [-0.39, 0.29) is 17.7 Å². The predicted octanol–water partition coefficient (Wildman–Crippen LogP) is 0.966. The molecule has 2 heterocycles. The first-order valence-electron chi connectivity index (χ1n) is 8.65. The van der Waals surface area contributed by atoms with Crippen molar-refractivity contribution in [3.05, 3.63) is 12.4 Å². The number of nitrogens with one attached hydrogen (secondary N) is 1. The molecule has 2 aliphatic rings. The van der Waals surface area contributed by atoms with Crippen LogP contribution in [-0.2, 0) is 16.1 Å². The van der Waals surface area contributed by atoms with Gasteiger partial charge >= 0.3 is 0 Å². The molecule has 0 spiro atoms. The van der Waals surface area contributed by atoms with Crippen molar-refractivity contribution in [3.8, 4) is 0 Å². The minimum Gasteiger partial charge on any atom is -0.356 e. The molecule has 0 aromatic carbocycles. The van der Waals surface area contributed by atoms with Crippen LogP contribution in [0.15, 0.2) is 12.4 Å². The first-order valence-corrected chi connectivity index (χ1v) is 8.65. The molecule has 0 bridgehead atoms. The molecule has 7 nitrogen and oxygen atoms in total. The Labute approximate surface area is 136 Å². The number of piperidine rings is 1. The van der Waals surface area contributed by atoms with Crippen LogP contribution in [0.5, 0.6) is 0 Å². The Hall–Kier alpha value is -1.92. The highest BCUT2D eigenvalue weighted by Crippen LogP contribution is 2.28. The third-order valence-corrected chi connectivity index (χ3v) is 4.92. The molecule has 1 saturated heterocycles. The van der Waals surface area contributed by atoms with E-state index < -0.39 is 0 Å². The minimum atomic E-state index is -0.0559. The zero-order valence-electron chi connectivity index (χ0n) is 13.5. The van der Waals surface area contributed by atoms with Crippen molar-refractivity contribution < 1.29 is 9.59 Å². The number of aryl methyl sites for hydroxylation is 1. The SMILES string of the molecule is O=C(NCCCn1ccnn1)C1CCC(=O)N(C2CCCC2)C1. The molecule has 1 aliphatic carbocycles. The summed E-state index contributed by atoms with van der Waals surface area (Å²) in [6, 6.07) is 0.366. The summed E-state index contributed by atoms with van der Waals surface area (Å²) < 4.78 is 1.76. The van der Waals surface area contributed by atoms with E-state index in [0.29, 0.717) is 32.0 Å². The van der Waals surface area contributed by atoms with Gasteiger partial charge in [0.25, 0.3) is 0 Å². The van der Waals surface area contributed by atoms with Crippen LogP contribution in [0.4, 0.5) is 0 Å². The molecule has 1 saturated carbocycles. The van der Waals surface area contributed by atoms with Crippen LogP contribution in [0.25, 0.3) is 0 Å². The van der Waals surface area contributed by atoms with Crippen LogP contribution in [0.3, 0.4) is 0 Å². The second-order valence-corrected chi connectivity index (χ2v) is 6.53. The largest absolute Gasteiger partial charge is 0.356 e. The molecule has 2 fully saturated rings. The smallest absolute Gasteiger partial charge is 0.224 e. The van der Waals surface area contributed by atoms with Crippen molar-refractivity contribution in [1.82, 2.24) is 25.2 Å². The second kappa shape index (κ2) is 7.57. The highest BCUT2D eigenvalue weighted by atomic mass is 16.2. The van der Waals surface area contributed by atoms with E-state index in [0.717, 1.165) is 25.8 Å². The molecule has 1 atom stereocenters. The van der Waals surface area contributed by atoms with E-state index in [1.54, 1.807) is 10.9 Å². The molecule has 1 aliphatic heterocycles. The Balaban J connectivity index is 1.42. The number of aromatic nitrogens is 3. The molecular formula is C16H25N5O2. The lowest BCUT2D eigenvalue weighted by Gasteiger charge is -2.36.